The third kappa shape index (κ3) is 3.89. The summed E-state index contributed by atoms with van der Waals surface area (Å²) in [6.45, 7) is 1.48. The van der Waals surface area contributed by atoms with Crippen LogP contribution in [0.3, 0.4) is 0 Å². The topological polar surface area (TPSA) is 102 Å². The van der Waals surface area contributed by atoms with Gasteiger partial charge >= 0.3 is 0 Å². The summed E-state index contributed by atoms with van der Waals surface area (Å²) in [5.74, 6) is 0.0882. The van der Waals surface area contributed by atoms with Crippen LogP contribution >= 0.6 is 0 Å². The molecule has 0 saturated carbocycles. The Morgan fingerprint density at radius 2 is 2.14 bits per heavy atom. The summed E-state index contributed by atoms with van der Waals surface area (Å²) in [6, 6.07) is 3.89. The van der Waals surface area contributed by atoms with Crippen molar-refractivity contribution >= 4 is 11.6 Å². The molecule has 2 rings (SSSR count). The van der Waals surface area contributed by atoms with Gasteiger partial charge < -0.3 is 19.5 Å². The van der Waals surface area contributed by atoms with Crippen molar-refractivity contribution in [2.45, 2.75) is 6.61 Å². The van der Waals surface area contributed by atoms with Gasteiger partial charge in [0.1, 0.15) is 5.75 Å². The normalized spacial score (nSPS) is 14.8. The number of carbonyl (C=O) groups excluding carboxylic acids is 1. The summed E-state index contributed by atoms with van der Waals surface area (Å²) in [4.78, 5) is 23.7. The van der Waals surface area contributed by atoms with Crippen molar-refractivity contribution in [3.63, 3.8) is 0 Å². The predicted molar refractivity (Wildman–Crippen MR) is 71.9 cm³/mol. The molecule has 114 valence electrons. The maximum absolute atomic E-state index is 11.9. The van der Waals surface area contributed by atoms with E-state index in [-0.39, 0.29) is 29.5 Å². The Balaban J connectivity index is 1.98. The molecule has 0 aliphatic carbocycles. The minimum atomic E-state index is -0.554. The van der Waals surface area contributed by atoms with Gasteiger partial charge in [0.05, 0.1) is 24.7 Å². The Labute approximate surface area is 121 Å². The van der Waals surface area contributed by atoms with Crippen molar-refractivity contribution in [1.29, 1.82) is 0 Å². The van der Waals surface area contributed by atoms with Gasteiger partial charge in [-0.15, -0.1) is 0 Å². The minimum Gasteiger partial charge on any atom is -0.483 e. The molecule has 1 N–H and O–H groups in total. The van der Waals surface area contributed by atoms with E-state index in [2.05, 4.69) is 0 Å². The number of hydrogen-bond acceptors (Lipinski definition) is 6. The van der Waals surface area contributed by atoms with E-state index in [0.29, 0.717) is 26.3 Å². The molecule has 1 heterocycles. The summed E-state index contributed by atoms with van der Waals surface area (Å²) in [5.41, 5.74) is 0.143. The van der Waals surface area contributed by atoms with E-state index < -0.39 is 11.5 Å². The van der Waals surface area contributed by atoms with Gasteiger partial charge in [-0.05, 0) is 6.07 Å². The number of benzene rings is 1. The van der Waals surface area contributed by atoms with Crippen LogP contribution < -0.4 is 4.74 Å². The largest absolute Gasteiger partial charge is 0.483 e. The van der Waals surface area contributed by atoms with Crippen molar-refractivity contribution in [2.24, 2.45) is 0 Å². The summed E-state index contributed by atoms with van der Waals surface area (Å²) in [5, 5.41) is 19.9. The number of ether oxygens (including phenoxy) is 2. The van der Waals surface area contributed by atoms with Crippen molar-refractivity contribution < 1.29 is 24.3 Å². The Morgan fingerprint density at radius 1 is 1.43 bits per heavy atom. The van der Waals surface area contributed by atoms with Crippen LogP contribution in [0.5, 0.6) is 5.75 Å². The van der Waals surface area contributed by atoms with Crippen LogP contribution in [0.2, 0.25) is 0 Å². The number of nitro groups is 1. The number of amides is 1. The smallest absolute Gasteiger partial charge is 0.270 e. The summed E-state index contributed by atoms with van der Waals surface area (Å²) < 4.78 is 10.5. The lowest BCUT2D eigenvalue weighted by Crippen LogP contribution is -2.43. The average molecular weight is 296 g/mol. The van der Waals surface area contributed by atoms with E-state index in [1.165, 1.54) is 18.2 Å². The van der Waals surface area contributed by atoms with Gasteiger partial charge in [0, 0.05) is 30.8 Å². The zero-order valence-corrected chi connectivity index (χ0v) is 11.4. The fourth-order valence-corrected chi connectivity index (χ4v) is 1.99. The van der Waals surface area contributed by atoms with E-state index in [0.717, 1.165) is 0 Å². The van der Waals surface area contributed by atoms with Crippen molar-refractivity contribution in [3.8, 4) is 5.75 Å². The van der Waals surface area contributed by atoms with Crippen LogP contribution in [0.15, 0.2) is 18.2 Å². The van der Waals surface area contributed by atoms with Gasteiger partial charge in [0.15, 0.2) is 6.61 Å². The lowest BCUT2D eigenvalue weighted by atomic mass is 10.2. The molecule has 1 aliphatic heterocycles. The number of aliphatic hydroxyl groups excluding tert-OH is 1. The molecule has 21 heavy (non-hydrogen) atoms. The van der Waals surface area contributed by atoms with Crippen LogP contribution in [-0.2, 0) is 16.1 Å². The molecule has 0 radical (unpaired) electrons. The van der Waals surface area contributed by atoms with Crippen molar-refractivity contribution in [2.75, 3.05) is 32.9 Å². The molecule has 0 unspecified atom stereocenters. The lowest BCUT2D eigenvalue weighted by Gasteiger charge is -2.26. The second kappa shape index (κ2) is 7.00. The van der Waals surface area contributed by atoms with Crippen molar-refractivity contribution in [3.05, 3.63) is 33.9 Å². The lowest BCUT2D eigenvalue weighted by molar-refractivity contribution is -0.385. The molecular weight excluding hydrogens is 280 g/mol. The summed E-state index contributed by atoms with van der Waals surface area (Å²) in [6.07, 6.45) is 0. The van der Waals surface area contributed by atoms with E-state index in [1.54, 1.807) is 4.90 Å². The summed E-state index contributed by atoms with van der Waals surface area (Å²) >= 11 is 0. The maximum Gasteiger partial charge on any atom is 0.270 e. The van der Waals surface area contributed by atoms with Crippen LogP contribution in [0.1, 0.15) is 5.56 Å². The molecule has 1 aromatic rings. The first-order chi connectivity index (χ1) is 10.1. The number of nitrogens with zero attached hydrogens (tertiary/aromatic N) is 2. The van der Waals surface area contributed by atoms with Gasteiger partial charge in [-0.1, -0.05) is 0 Å². The molecule has 0 bridgehead atoms. The highest BCUT2D eigenvalue weighted by Gasteiger charge is 2.18. The molecule has 0 atom stereocenters. The maximum atomic E-state index is 11.9. The zero-order valence-electron chi connectivity index (χ0n) is 11.4. The SMILES string of the molecule is O=C(COc1ccc([N+](=O)[O-])cc1CO)N1CCOCC1. The predicted octanol–water partition coefficient (Wildman–Crippen LogP) is 0.325. The second-order valence-electron chi connectivity index (χ2n) is 4.49. The van der Waals surface area contributed by atoms with Crippen LogP contribution in [-0.4, -0.2) is 53.7 Å². The Bertz CT molecular complexity index is 527. The number of carbonyl (C=O) groups is 1. The molecule has 0 spiro atoms. The molecule has 8 nitrogen and oxygen atoms in total. The number of aliphatic hydroxyl groups is 1. The number of nitro benzene ring substituents is 1. The van der Waals surface area contributed by atoms with Gasteiger partial charge in [0.25, 0.3) is 11.6 Å². The van der Waals surface area contributed by atoms with Crippen molar-refractivity contribution in [1.82, 2.24) is 4.90 Å². The van der Waals surface area contributed by atoms with Gasteiger partial charge in [-0.2, -0.15) is 0 Å². The standard InChI is InChI=1S/C13H16N2O6/c16-8-10-7-11(15(18)19)1-2-12(10)21-9-13(17)14-3-5-20-6-4-14/h1-2,7,16H,3-6,8-9H2. The van der Waals surface area contributed by atoms with Gasteiger partial charge in [-0.25, -0.2) is 0 Å². The first-order valence-corrected chi connectivity index (χ1v) is 6.48. The molecule has 1 aromatic carbocycles. The van der Waals surface area contributed by atoms with Gasteiger partial charge in [-0.3, -0.25) is 14.9 Å². The third-order valence-electron chi connectivity index (χ3n) is 3.14. The first kappa shape index (κ1) is 15.2. The van der Waals surface area contributed by atoms with E-state index in [1.807, 2.05) is 0 Å². The van der Waals surface area contributed by atoms with E-state index in [4.69, 9.17) is 9.47 Å². The second-order valence-corrected chi connectivity index (χ2v) is 4.49. The molecular formula is C13H16N2O6. The highest BCUT2D eigenvalue weighted by molar-refractivity contribution is 5.77. The first-order valence-electron chi connectivity index (χ1n) is 6.48. The highest BCUT2D eigenvalue weighted by Crippen LogP contribution is 2.24. The Morgan fingerprint density at radius 3 is 2.76 bits per heavy atom. The quantitative estimate of drug-likeness (QED) is 0.620. The fourth-order valence-electron chi connectivity index (χ4n) is 1.99. The van der Waals surface area contributed by atoms with E-state index in [9.17, 15) is 20.0 Å². The Hall–Kier alpha value is -2.19. The van der Waals surface area contributed by atoms with E-state index >= 15 is 0 Å². The highest BCUT2D eigenvalue weighted by atomic mass is 16.6. The summed E-state index contributed by atoms with van der Waals surface area (Å²) in [7, 11) is 0. The zero-order chi connectivity index (χ0) is 15.2. The molecule has 1 saturated heterocycles. The molecule has 1 fully saturated rings. The molecule has 1 amide bonds. The number of rotatable bonds is 5. The minimum absolute atomic E-state index is 0.133. The molecule has 8 heteroatoms. The number of morpholine rings is 1. The molecule has 0 aromatic heterocycles. The Kier molecular flexibility index (Phi) is 5.07. The van der Waals surface area contributed by atoms with Crippen LogP contribution in [0.4, 0.5) is 5.69 Å². The van der Waals surface area contributed by atoms with Crippen LogP contribution in [0.25, 0.3) is 0 Å². The van der Waals surface area contributed by atoms with Crippen LogP contribution in [0, 0.1) is 10.1 Å². The number of hydrogen-bond donors (Lipinski definition) is 1. The molecule has 1 aliphatic rings. The number of non-ortho nitro benzene ring substituents is 1. The monoisotopic (exact) mass is 296 g/mol. The fraction of sp³-hybridized carbons (Fsp3) is 0.462. The van der Waals surface area contributed by atoms with Gasteiger partial charge in [0.2, 0.25) is 0 Å². The average Bonchev–Trinajstić information content (AvgIpc) is 2.53. The third-order valence-corrected chi connectivity index (χ3v) is 3.14.